The highest BCUT2D eigenvalue weighted by molar-refractivity contribution is 9.10. The number of hydrogen-bond donors (Lipinski definition) is 2. The standard InChI is InChI=1S/C12H19BrN2O/c1-3-15(4-2)8-12(16)10-7-9(13)5-6-11(10)14/h5-7,12,16H,3-4,8,14H2,1-2H3. The van der Waals surface area contributed by atoms with E-state index in [1.165, 1.54) is 0 Å². The first-order chi connectivity index (χ1) is 7.58. The zero-order valence-electron chi connectivity index (χ0n) is 9.78. The number of likely N-dealkylation sites (N-methyl/N-ethyl adjacent to an activating group) is 1. The van der Waals surface area contributed by atoms with Gasteiger partial charge in [-0.1, -0.05) is 29.8 Å². The highest BCUT2D eigenvalue weighted by Gasteiger charge is 2.14. The summed E-state index contributed by atoms with van der Waals surface area (Å²) in [6, 6.07) is 5.57. The number of anilines is 1. The molecule has 0 aliphatic rings. The second-order valence-electron chi connectivity index (χ2n) is 3.77. The molecule has 90 valence electrons. The lowest BCUT2D eigenvalue weighted by Crippen LogP contribution is -2.28. The van der Waals surface area contributed by atoms with Gasteiger partial charge in [0.05, 0.1) is 6.10 Å². The fourth-order valence-corrected chi connectivity index (χ4v) is 2.04. The summed E-state index contributed by atoms with van der Waals surface area (Å²) in [7, 11) is 0. The molecule has 0 aliphatic carbocycles. The first kappa shape index (κ1) is 13.5. The lowest BCUT2D eigenvalue weighted by atomic mass is 10.1. The third-order valence-electron chi connectivity index (χ3n) is 2.73. The summed E-state index contributed by atoms with van der Waals surface area (Å²) in [4.78, 5) is 2.17. The van der Waals surface area contributed by atoms with E-state index in [9.17, 15) is 5.11 Å². The molecule has 1 aromatic carbocycles. The molecule has 3 N–H and O–H groups in total. The minimum Gasteiger partial charge on any atom is -0.398 e. The van der Waals surface area contributed by atoms with Gasteiger partial charge in [-0.3, -0.25) is 0 Å². The van der Waals surface area contributed by atoms with Crippen molar-refractivity contribution in [3.05, 3.63) is 28.2 Å². The maximum atomic E-state index is 10.1. The van der Waals surface area contributed by atoms with E-state index >= 15 is 0 Å². The second-order valence-corrected chi connectivity index (χ2v) is 4.69. The monoisotopic (exact) mass is 286 g/mol. The van der Waals surface area contributed by atoms with E-state index in [1.807, 2.05) is 18.2 Å². The quantitative estimate of drug-likeness (QED) is 0.818. The van der Waals surface area contributed by atoms with Crippen molar-refractivity contribution in [2.45, 2.75) is 20.0 Å². The summed E-state index contributed by atoms with van der Waals surface area (Å²) in [6.07, 6.45) is -0.530. The Morgan fingerprint density at radius 3 is 2.56 bits per heavy atom. The number of nitrogen functional groups attached to an aromatic ring is 1. The molecule has 1 rings (SSSR count). The van der Waals surface area contributed by atoms with Crippen molar-refractivity contribution in [3.8, 4) is 0 Å². The van der Waals surface area contributed by atoms with E-state index < -0.39 is 6.10 Å². The van der Waals surface area contributed by atoms with Gasteiger partial charge in [-0.2, -0.15) is 0 Å². The zero-order valence-corrected chi connectivity index (χ0v) is 11.4. The molecule has 0 radical (unpaired) electrons. The Labute approximate surface area is 105 Å². The van der Waals surface area contributed by atoms with Gasteiger partial charge in [0, 0.05) is 22.3 Å². The third-order valence-corrected chi connectivity index (χ3v) is 3.23. The summed E-state index contributed by atoms with van der Waals surface area (Å²) in [5.74, 6) is 0. The van der Waals surface area contributed by atoms with Crippen molar-refractivity contribution in [2.24, 2.45) is 0 Å². The number of hydrogen-bond acceptors (Lipinski definition) is 3. The lowest BCUT2D eigenvalue weighted by Gasteiger charge is -2.23. The van der Waals surface area contributed by atoms with Crippen LogP contribution in [0.2, 0.25) is 0 Å². The highest BCUT2D eigenvalue weighted by Crippen LogP contribution is 2.25. The summed E-state index contributed by atoms with van der Waals surface area (Å²) in [6.45, 7) is 6.65. The van der Waals surface area contributed by atoms with Gasteiger partial charge in [-0.05, 0) is 31.3 Å². The molecule has 1 unspecified atom stereocenters. The minimum absolute atomic E-state index is 0.530. The summed E-state index contributed by atoms with van der Waals surface area (Å²) in [5.41, 5.74) is 7.28. The first-order valence-electron chi connectivity index (χ1n) is 5.53. The molecule has 0 spiro atoms. The predicted molar refractivity (Wildman–Crippen MR) is 71.3 cm³/mol. The van der Waals surface area contributed by atoms with Gasteiger partial charge in [0.25, 0.3) is 0 Å². The lowest BCUT2D eigenvalue weighted by molar-refractivity contribution is 0.119. The van der Waals surface area contributed by atoms with E-state index in [0.29, 0.717) is 12.2 Å². The maximum absolute atomic E-state index is 10.1. The van der Waals surface area contributed by atoms with Gasteiger partial charge in [-0.15, -0.1) is 0 Å². The number of aliphatic hydroxyl groups is 1. The van der Waals surface area contributed by atoms with Crippen LogP contribution in [0, 0.1) is 0 Å². The molecule has 0 amide bonds. The Balaban J connectivity index is 2.79. The second kappa shape index (κ2) is 6.23. The molecule has 0 aromatic heterocycles. The molecule has 16 heavy (non-hydrogen) atoms. The molecule has 0 saturated heterocycles. The number of nitrogens with zero attached hydrogens (tertiary/aromatic N) is 1. The van der Waals surface area contributed by atoms with Crippen LogP contribution in [0.1, 0.15) is 25.5 Å². The van der Waals surface area contributed by atoms with Crippen molar-refractivity contribution in [1.82, 2.24) is 4.90 Å². The van der Waals surface area contributed by atoms with Crippen molar-refractivity contribution in [1.29, 1.82) is 0 Å². The average molecular weight is 287 g/mol. The molecule has 1 atom stereocenters. The SMILES string of the molecule is CCN(CC)CC(O)c1cc(Br)ccc1N. The van der Waals surface area contributed by atoms with E-state index in [4.69, 9.17) is 5.73 Å². The van der Waals surface area contributed by atoms with Crippen LogP contribution in [0.25, 0.3) is 0 Å². The summed E-state index contributed by atoms with van der Waals surface area (Å²) >= 11 is 3.38. The number of halogens is 1. The molecule has 1 aromatic rings. The fourth-order valence-electron chi connectivity index (χ4n) is 1.66. The molecular formula is C12H19BrN2O. The van der Waals surface area contributed by atoms with E-state index in [2.05, 4.69) is 34.7 Å². The van der Waals surface area contributed by atoms with Crippen LogP contribution in [0.15, 0.2) is 22.7 Å². The average Bonchev–Trinajstić information content (AvgIpc) is 2.28. The topological polar surface area (TPSA) is 49.5 Å². The Kier molecular flexibility index (Phi) is 5.25. The minimum atomic E-state index is -0.530. The van der Waals surface area contributed by atoms with Crippen molar-refractivity contribution >= 4 is 21.6 Å². The third kappa shape index (κ3) is 3.47. The van der Waals surface area contributed by atoms with Gasteiger partial charge in [0.15, 0.2) is 0 Å². The summed E-state index contributed by atoms with van der Waals surface area (Å²) < 4.78 is 0.940. The van der Waals surface area contributed by atoms with Gasteiger partial charge in [-0.25, -0.2) is 0 Å². The number of benzene rings is 1. The van der Waals surface area contributed by atoms with E-state index in [1.54, 1.807) is 0 Å². The van der Waals surface area contributed by atoms with E-state index in [-0.39, 0.29) is 0 Å². The number of nitrogens with two attached hydrogens (primary N) is 1. The predicted octanol–water partition coefficient (Wildman–Crippen LogP) is 2.41. The smallest absolute Gasteiger partial charge is 0.0937 e. The molecule has 3 nitrogen and oxygen atoms in total. The Bertz CT molecular complexity index is 340. The number of rotatable bonds is 5. The normalized spacial score (nSPS) is 13.1. The fraction of sp³-hybridized carbons (Fsp3) is 0.500. The molecular weight excluding hydrogens is 268 g/mol. The van der Waals surface area contributed by atoms with Crippen molar-refractivity contribution in [3.63, 3.8) is 0 Å². The van der Waals surface area contributed by atoms with Crippen molar-refractivity contribution < 1.29 is 5.11 Å². The van der Waals surface area contributed by atoms with Crippen LogP contribution in [-0.4, -0.2) is 29.6 Å². The van der Waals surface area contributed by atoms with Crippen LogP contribution >= 0.6 is 15.9 Å². The highest BCUT2D eigenvalue weighted by atomic mass is 79.9. The van der Waals surface area contributed by atoms with Gasteiger partial charge < -0.3 is 15.7 Å². The molecule has 0 heterocycles. The molecule has 0 fully saturated rings. The number of aliphatic hydroxyl groups excluding tert-OH is 1. The Hall–Kier alpha value is -0.580. The Morgan fingerprint density at radius 2 is 2.00 bits per heavy atom. The van der Waals surface area contributed by atoms with Crippen LogP contribution in [0.5, 0.6) is 0 Å². The zero-order chi connectivity index (χ0) is 12.1. The van der Waals surface area contributed by atoms with Crippen molar-refractivity contribution in [2.75, 3.05) is 25.4 Å². The van der Waals surface area contributed by atoms with Gasteiger partial charge in [0.2, 0.25) is 0 Å². The summed E-state index contributed by atoms with van der Waals surface area (Å²) in [5, 5.41) is 10.1. The largest absolute Gasteiger partial charge is 0.398 e. The van der Waals surface area contributed by atoms with Crippen LogP contribution in [0.3, 0.4) is 0 Å². The Morgan fingerprint density at radius 1 is 1.38 bits per heavy atom. The molecule has 4 heteroatoms. The molecule has 0 bridgehead atoms. The van der Waals surface area contributed by atoms with Gasteiger partial charge >= 0.3 is 0 Å². The molecule has 0 saturated carbocycles. The first-order valence-corrected chi connectivity index (χ1v) is 6.33. The van der Waals surface area contributed by atoms with Crippen LogP contribution < -0.4 is 5.73 Å². The maximum Gasteiger partial charge on any atom is 0.0937 e. The van der Waals surface area contributed by atoms with E-state index in [0.717, 1.165) is 23.1 Å². The van der Waals surface area contributed by atoms with Gasteiger partial charge in [0.1, 0.15) is 0 Å². The van der Waals surface area contributed by atoms with Crippen LogP contribution in [0.4, 0.5) is 5.69 Å². The molecule has 0 aliphatic heterocycles. The van der Waals surface area contributed by atoms with Crippen LogP contribution in [-0.2, 0) is 0 Å².